The molecule has 1 amide bonds. The highest BCUT2D eigenvalue weighted by molar-refractivity contribution is 5.68. The molecule has 2 N–H and O–H groups in total. The second-order valence-corrected chi connectivity index (χ2v) is 6.78. The van der Waals surface area contributed by atoms with Crippen molar-refractivity contribution < 1.29 is 19.7 Å². The maximum absolute atomic E-state index is 12.1. The predicted octanol–water partition coefficient (Wildman–Crippen LogP) is 1.58. The third-order valence-corrected chi connectivity index (χ3v) is 3.69. The lowest BCUT2D eigenvalue weighted by Crippen LogP contribution is -2.56. The number of hydrogen-bond donors (Lipinski definition) is 2. The molecule has 1 fully saturated rings. The molecule has 1 aromatic heterocycles. The largest absolute Gasteiger partial charge is 0.444 e. The molecule has 122 valence electrons. The normalized spacial score (nSPS) is 25.9. The monoisotopic (exact) mass is 308 g/mol. The quantitative estimate of drug-likeness (QED) is 0.823. The van der Waals surface area contributed by atoms with E-state index in [1.165, 1.54) is 4.90 Å². The molecule has 0 aromatic carbocycles. The molecule has 1 aliphatic heterocycles. The molecule has 0 saturated carbocycles. The average Bonchev–Trinajstić information content (AvgIpc) is 2.40. The number of aromatic nitrogens is 1. The summed E-state index contributed by atoms with van der Waals surface area (Å²) in [7, 11) is 0. The Labute approximate surface area is 130 Å². The average molecular weight is 308 g/mol. The van der Waals surface area contributed by atoms with E-state index in [1.54, 1.807) is 32.9 Å². The van der Waals surface area contributed by atoms with Gasteiger partial charge in [-0.3, -0.25) is 4.98 Å². The molecule has 0 bridgehead atoms. The zero-order valence-corrected chi connectivity index (χ0v) is 13.5. The maximum atomic E-state index is 12.1. The van der Waals surface area contributed by atoms with Crippen molar-refractivity contribution in [3.05, 3.63) is 29.6 Å². The first-order valence-electron chi connectivity index (χ1n) is 7.44. The summed E-state index contributed by atoms with van der Waals surface area (Å²) in [6.07, 6.45) is -1.38. The summed E-state index contributed by atoms with van der Waals surface area (Å²) in [6.45, 7) is 7.52. The van der Waals surface area contributed by atoms with Crippen molar-refractivity contribution in [3.8, 4) is 0 Å². The van der Waals surface area contributed by atoms with Crippen molar-refractivity contribution >= 4 is 6.09 Å². The SMILES string of the molecule is Cc1cccc([C@@]2(O)CCN(C(=O)OC(C)(C)C)C[C@@H]2O)n1. The number of aryl methyl sites for hydroxylation is 1. The molecular weight excluding hydrogens is 284 g/mol. The van der Waals surface area contributed by atoms with Crippen LogP contribution in [0.5, 0.6) is 0 Å². The number of β-amino-alcohol motifs (C(OH)–C–C–N with tert-alkyl or cyclic N) is 1. The van der Waals surface area contributed by atoms with Crippen LogP contribution in [-0.2, 0) is 10.3 Å². The van der Waals surface area contributed by atoms with Gasteiger partial charge in [0.25, 0.3) is 0 Å². The lowest BCUT2D eigenvalue weighted by molar-refractivity contribution is -0.125. The third-order valence-electron chi connectivity index (χ3n) is 3.69. The Hall–Kier alpha value is -1.66. The van der Waals surface area contributed by atoms with E-state index in [4.69, 9.17) is 4.74 Å². The smallest absolute Gasteiger partial charge is 0.410 e. The summed E-state index contributed by atoms with van der Waals surface area (Å²) < 4.78 is 5.30. The second-order valence-electron chi connectivity index (χ2n) is 6.78. The summed E-state index contributed by atoms with van der Waals surface area (Å²) >= 11 is 0. The predicted molar refractivity (Wildman–Crippen MR) is 81.3 cm³/mol. The number of nitrogens with zero attached hydrogens (tertiary/aromatic N) is 2. The van der Waals surface area contributed by atoms with Gasteiger partial charge < -0.3 is 19.8 Å². The molecule has 2 heterocycles. The van der Waals surface area contributed by atoms with Crippen LogP contribution in [0, 0.1) is 6.92 Å². The van der Waals surface area contributed by atoms with Gasteiger partial charge in [-0.15, -0.1) is 0 Å². The highest BCUT2D eigenvalue weighted by Gasteiger charge is 2.45. The van der Waals surface area contributed by atoms with Crippen LogP contribution in [-0.4, -0.2) is 51.0 Å². The first-order chi connectivity index (χ1) is 10.1. The van der Waals surface area contributed by atoms with Crippen molar-refractivity contribution in [1.82, 2.24) is 9.88 Å². The molecule has 0 spiro atoms. The maximum Gasteiger partial charge on any atom is 0.410 e. The highest BCUT2D eigenvalue weighted by Crippen LogP contribution is 2.32. The number of likely N-dealkylation sites (tertiary alicyclic amines) is 1. The molecule has 6 heteroatoms. The molecule has 2 rings (SSSR count). The van der Waals surface area contributed by atoms with Crippen molar-refractivity contribution in [2.75, 3.05) is 13.1 Å². The van der Waals surface area contributed by atoms with Crippen LogP contribution in [0.1, 0.15) is 38.6 Å². The fourth-order valence-electron chi connectivity index (χ4n) is 2.50. The lowest BCUT2D eigenvalue weighted by Gasteiger charge is -2.41. The van der Waals surface area contributed by atoms with E-state index < -0.39 is 23.4 Å². The van der Waals surface area contributed by atoms with Gasteiger partial charge >= 0.3 is 6.09 Å². The standard InChI is InChI=1S/C16H24N2O4/c1-11-6-5-7-12(17-11)16(21)8-9-18(10-13(16)19)14(20)22-15(2,3)4/h5-7,13,19,21H,8-10H2,1-4H3/t13-,16-/m0/s1. The van der Waals surface area contributed by atoms with Gasteiger partial charge in [-0.25, -0.2) is 4.79 Å². The first kappa shape index (κ1) is 16.7. The minimum Gasteiger partial charge on any atom is -0.444 e. The van der Waals surface area contributed by atoms with Crippen LogP contribution in [0.4, 0.5) is 4.79 Å². The minimum absolute atomic E-state index is 0.0149. The summed E-state index contributed by atoms with van der Waals surface area (Å²) in [5.41, 5.74) is -0.824. The van der Waals surface area contributed by atoms with E-state index in [0.717, 1.165) is 5.69 Å². The van der Waals surface area contributed by atoms with Gasteiger partial charge in [-0.2, -0.15) is 0 Å². The first-order valence-corrected chi connectivity index (χ1v) is 7.44. The van der Waals surface area contributed by atoms with Gasteiger partial charge in [0, 0.05) is 18.7 Å². The zero-order valence-electron chi connectivity index (χ0n) is 13.5. The van der Waals surface area contributed by atoms with Crippen LogP contribution in [0.2, 0.25) is 0 Å². The molecule has 0 unspecified atom stereocenters. The molecule has 22 heavy (non-hydrogen) atoms. The number of ether oxygens (including phenoxy) is 1. The Balaban J connectivity index is 2.11. The summed E-state index contributed by atoms with van der Waals surface area (Å²) in [6, 6.07) is 5.32. The Kier molecular flexibility index (Phi) is 4.44. The molecule has 1 aromatic rings. The van der Waals surface area contributed by atoms with Crippen molar-refractivity contribution in [1.29, 1.82) is 0 Å². The van der Waals surface area contributed by atoms with Gasteiger partial charge in [0.1, 0.15) is 17.3 Å². The number of rotatable bonds is 1. The van der Waals surface area contributed by atoms with Crippen LogP contribution in [0.3, 0.4) is 0 Å². The van der Waals surface area contributed by atoms with Crippen molar-refractivity contribution in [3.63, 3.8) is 0 Å². The number of carbonyl (C=O) groups excluding carboxylic acids is 1. The van der Waals surface area contributed by atoms with Crippen molar-refractivity contribution in [2.24, 2.45) is 0 Å². The van der Waals surface area contributed by atoms with E-state index in [-0.39, 0.29) is 13.0 Å². The fraction of sp³-hybridized carbons (Fsp3) is 0.625. The lowest BCUT2D eigenvalue weighted by atomic mass is 9.85. The number of hydrogen-bond acceptors (Lipinski definition) is 5. The molecule has 2 atom stereocenters. The van der Waals surface area contributed by atoms with E-state index in [0.29, 0.717) is 12.2 Å². The van der Waals surface area contributed by atoms with Crippen LogP contribution < -0.4 is 0 Å². The van der Waals surface area contributed by atoms with Crippen molar-refractivity contribution in [2.45, 2.75) is 51.4 Å². The molecule has 0 radical (unpaired) electrons. The molecular formula is C16H24N2O4. The molecule has 0 aliphatic carbocycles. The van der Waals surface area contributed by atoms with Gasteiger partial charge in [-0.05, 0) is 39.8 Å². The van der Waals surface area contributed by atoms with Crippen LogP contribution >= 0.6 is 0 Å². The Bertz CT molecular complexity index is 555. The van der Waals surface area contributed by atoms with Gasteiger partial charge in [0.05, 0.1) is 12.2 Å². The number of carbonyl (C=O) groups is 1. The Morgan fingerprint density at radius 2 is 2.14 bits per heavy atom. The number of aliphatic hydroxyl groups is 2. The summed E-state index contributed by atoms with van der Waals surface area (Å²) in [5, 5.41) is 21.1. The topological polar surface area (TPSA) is 82.9 Å². The molecule has 6 nitrogen and oxygen atoms in total. The highest BCUT2D eigenvalue weighted by atomic mass is 16.6. The van der Waals surface area contributed by atoms with E-state index in [9.17, 15) is 15.0 Å². The minimum atomic E-state index is -1.44. The summed E-state index contributed by atoms with van der Waals surface area (Å²) in [5.74, 6) is 0. The van der Waals surface area contributed by atoms with E-state index in [1.807, 2.05) is 13.0 Å². The van der Waals surface area contributed by atoms with Gasteiger partial charge in [0.15, 0.2) is 0 Å². The second kappa shape index (κ2) is 5.85. The zero-order chi connectivity index (χ0) is 16.5. The summed E-state index contributed by atoms with van der Waals surface area (Å²) in [4.78, 5) is 17.8. The number of pyridine rings is 1. The van der Waals surface area contributed by atoms with Crippen LogP contribution in [0.15, 0.2) is 18.2 Å². The Morgan fingerprint density at radius 3 is 2.68 bits per heavy atom. The van der Waals surface area contributed by atoms with Gasteiger partial charge in [-0.1, -0.05) is 6.07 Å². The molecule has 1 aliphatic rings. The number of piperidine rings is 1. The van der Waals surface area contributed by atoms with E-state index >= 15 is 0 Å². The number of aliphatic hydroxyl groups excluding tert-OH is 1. The fourth-order valence-corrected chi connectivity index (χ4v) is 2.50. The van der Waals surface area contributed by atoms with Gasteiger partial charge in [0.2, 0.25) is 0 Å². The third kappa shape index (κ3) is 3.56. The van der Waals surface area contributed by atoms with E-state index in [2.05, 4.69) is 4.98 Å². The van der Waals surface area contributed by atoms with Crippen LogP contribution in [0.25, 0.3) is 0 Å². The Morgan fingerprint density at radius 1 is 1.45 bits per heavy atom. The number of amides is 1. The molecule has 1 saturated heterocycles.